The molecule has 1 aliphatic rings. The summed E-state index contributed by atoms with van der Waals surface area (Å²) >= 11 is 0. The number of aliphatic hydroxyl groups is 2. The van der Waals surface area contributed by atoms with Crippen LogP contribution in [0, 0.1) is 0 Å². The highest BCUT2D eigenvalue weighted by Crippen LogP contribution is 2.51. The van der Waals surface area contributed by atoms with Crippen LogP contribution in [0.4, 0.5) is 5.95 Å². The van der Waals surface area contributed by atoms with Gasteiger partial charge in [0.2, 0.25) is 5.95 Å². The zero-order chi connectivity index (χ0) is 22.3. The summed E-state index contributed by atoms with van der Waals surface area (Å²) in [5.41, 5.74) is 3.73. The van der Waals surface area contributed by atoms with Crippen molar-refractivity contribution in [2.45, 2.75) is 44.6 Å². The van der Waals surface area contributed by atoms with Gasteiger partial charge in [-0.25, -0.2) is 4.98 Å². The van der Waals surface area contributed by atoms with E-state index in [2.05, 4.69) is 21.5 Å². The van der Waals surface area contributed by atoms with E-state index in [9.17, 15) is 19.6 Å². The molecule has 0 aliphatic heterocycles. The number of aromatic nitrogens is 4. The fourth-order valence-electron chi connectivity index (χ4n) is 3.67. The molecule has 1 saturated carbocycles. The maximum absolute atomic E-state index is 12.7. The third kappa shape index (κ3) is 3.82. The Morgan fingerprint density at radius 2 is 2.03 bits per heavy atom. The highest BCUT2D eigenvalue weighted by molar-refractivity contribution is 7.53. The SMILES string of the molecule is C=C1[C@H](OCP(=O)(OCC)OCC)[C@@H](O)[C@@](C)(O)[C@@H]1n1cnc2c(=O)[nH]c(N)nc21. The molecule has 0 aromatic carbocycles. The van der Waals surface area contributed by atoms with Crippen LogP contribution in [0.1, 0.15) is 26.8 Å². The molecule has 3 rings (SSSR count). The van der Waals surface area contributed by atoms with Crippen LogP contribution in [0.15, 0.2) is 23.3 Å². The normalized spacial score (nSPS) is 27.2. The molecule has 0 saturated heterocycles. The van der Waals surface area contributed by atoms with Crippen LogP contribution in [0.5, 0.6) is 0 Å². The first-order valence-electron chi connectivity index (χ1n) is 9.37. The minimum atomic E-state index is -3.55. The van der Waals surface area contributed by atoms with Gasteiger partial charge in [-0.05, 0) is 26.3 Å². The number of hydrogen-bond donors (Lipinski definition) is 4. The van der Waals surface area contributed by atoms with Crippen molar-refractivity contribution in [3.63, 3.8) is 0 Å². The van der Waals surface area contributed by atoms with Crippen LogP contribution in [0.3, 0.4) is 0 Å². The van der Waals surface area contributed by atoms with Crippen molar-refractivity contribution in [3.8, 4) is 0 Å². The molecule has 0 radical (unpaired) electrons. The van der Waals surface area contributed by atoms with Crippen LogP contribution < -0.4 is 11.3 Å². The molecule has 2 aromatic rings. The first-order valence-corrected chi connectivity index (χ1v) is 11.1. The van der Waals surface area contributed by atoms with Gasteiger partial charge in [-0.1, -0.05) is 6.58 Å². The minimum absolute atomic E-state index is 0.0175. The topological polar surface area (TPSA) is 175 Å². The van der Waals surface area contributed by atoms with Gasteiger partial charge in [0, 0.05) is 0 Å². The molecule has 0 bridgehead atoms. The third-order valence-corrected chi connectivity index (χ3v) is 6.72. The Labute approximate surface area is 172 Å². The number of nitrogens with one attached hydrogen (secondary N) is 1. The van der Waals surface area contributed by atoms with Gasteiger partial charge in [0.05, 0.1) is 25.6 Å². The fraction of sp³-hybridized carbons (Fsp3) is 0.588. The first-order chi connectivity index (χ1) is 14.1. The number of aliphatic hydroxyl groups excluding tert-OH is 1. The minimum Gasteiger partial charge on any atom is -0.387 e. The maximum atomic E-state index is 12.7. The Bertz CT molecular complexity index is 1040. The molecule has 13 heteroatoms. The van der Waals surface area contributed by atoms with Crippen LogP contribution in [-0.2, 0) is 18.3 Å². The maximum Gasteiger partial charge on any atom is 0.356 e. The highest BCUT2D eigenvalue weighted by Gasteiger charge is 2.55. The number of nitrogens with zero attached hydrogens (tertiary/aromatic N) is 3. The Morgan fingerprint density at radius 1 is 1.40 bits per heavy atom. The van der Waals surface area contributed by atoms with Crippen LogP contribution in [-0.4, -0.2) is 67.1 Å². The second-order valence-corrected chi connectivity index (χ2v) is 9.08. The Hall–Kier alpha value is -2.08. The van der Waals surface area contributed by atoms with E-state index >= 15 is 0 Å². The summed E-state index contributed by atoms with van der Waals surface area (Å²) in [4.78, 5) is 22.5. The molecule has 1 aliphatic carbocycles. The van der Waals surface area contributed by atoms with Gasteiger partial charge in [-0.3, -0.25) is 14.3 Å². The molecular weight excluding hydrogens is 417 g/mol. The van der Waals surface area contributed by atoms with E-state index in [1.807, 2.05) is 0 Å². The number of hydrogen-bond acceptors (Lipinski definition) is 10. The number of nitrogens with two attached hydrogens (primary N) is 1. The number of anilines is 1. The largest absolute Gasteiger partial charge is 0.387 e. The molecule has 0 amide bonds. The second-order valence-electron chi connectivity index (χ2n) is 7.09. The molecule has 4 atom stereocenters. The lowest BCUT2D eigenvalue weighted by atomic mass is 9.97. The molecule has 166 valence electrons. The molecule has 1 fully saturated rings. The van der Waals surface area contributed by atoms with Gasteiger partial charge < -0.3 is 34.3 Å². The molecule has 30 heavy (non-hydrogen) atoms. The molecule has 2 aromatic heterocycles. The van der Waals surface area contributed by atoms with Crippen molar-refractivity contribution in [2.24, 2.45) is 0 Å². The summed E-state index contributed by atoms with van der Waals surface area (Å²) in [6.07, 6.45) is -1.65. The lowest BCUT2D eigenvalue weighted by molar-refractivity contribution is -0.0991. The Balaban J connectivity index is 1.94. The standard InChI is InChI=1S/C17H26N5O7P/c1-5-28-30(26,29-6-2)8-27-11-9(3)12(17(4,25)13(11)23)22-7-19-10-14(22)20-16(18)21-15(10)24/h7,11-13,23,25H,3,5-6,8H2,1-2,4H3,(H3,18,20,21,24)/t11-,12+,13+,17-/m0/s1. The Kier molecular flexibility index (Phi) is 6.19. The quantitative estimate of drug-likeness (QED) is 0.333. The summed E-state index contributed by atoms with van der Waals surface area (Å²) in [5, 5.41) is 21.8. The van der Waals surface area contributed by atoms with Crippen molar-refractivity contribution < 1.29 is 28.6 Å². The zero-order valence-electron chi connectivity index (χ0n) is 16.9. The number of rotatable bonds is 8. The number of nitrogen functional groups attached to an aromatic ring is 1. The zero-order valence-corrected chi connectivity index (χ0v) is 17.8. The predicted octanol–water partition coefficient (Wildman–Crippen LogP) is 0.533. The van der Waals surface area contributed by atoms with Crippen molar-refractivity contribution >= 4 is 24.7 Å². The summed E-state index contributed by atoms with van der Waals surface area (Å²) in [6, 6.07) is -0.949. The van der Waals surface area contributed by atoms with E-state index < -0.39 is 43.4 Å². The first kappa shape index (κ1) is 22.6. The van der Waals surface area contributed by atoms with Gasteiger partial charge >= 0.3 is 7.60 Å². The van der Waals surface area contributed by atoms with Gasteiger partial charge in [0.1, 0.15) is 24.2 Å². The van der Waals surface area contributed by atoms with E-state index in [1.54, 1.807) is 13.8 Å². The lowest BCUT2D eigenvalue weighted by Gasteiger charge is -2.29. The monoisotopic (exact) mass is 443 g/mol. The molecule has 2 heterocycles. The third-order valence-electron chi connectivity index (χ3n) is 4.95. The summed E-state index contributed by atoms with van der Waals surface area (Å²) in [7, 11) is -3.55. The average Bonchev–Trinajstić information content (AvgIpc) is 3.12. The van der Waals surface area contributed by atoms with Crippen LogP contribution >= 0.6 is 7.60 Å². The molecule has 12 nitrogen and oxygen atoms in total. The van der Waals surface area contributed by atoms with Crippen molar-refractivity contribution in [1.29, 1.82) is 0 Å². The lowest BCUT2D eigenvalue weighted by Crippen LogP contribution is -2.44. The van der Waals surface area contributed by atoms with E-state index in [0.29, 0.717) is 0 Å². The number of imidazole rings is 1. The summed E-state index contributed by atoms with van der Waals surface area (Å²) in [5.74, 6) is -0.125. The van der Waals surface area contributed by atoms with Crippen LogP contribution in [0.2, 0.25) is 0 Å². The van der Waals surface area contributed by atoms with Crippen molar-refractivity contribution in [2.75, 3.05) is 25.3 Å². The Morgan fingerprint density at radius 3 is 2.63 bits per heavy atom. The molecule has 0 unspecified atom stereocenters. The number of fused-ring (bicyclic) bond motifs is 1. The molecular formula is C17H26N5O7P. The van der Waals surface area contributed by atoms with E-state index in [-0.39, 0.29) is 35.9 Å². The molecule has 0 spiro atoms. The van der Waals surface area contributed by atoms with Crippen molar-refractivity contribution in [1.82, 2.24) is 19.5 Å². The van der Waals surface area contributed by atoms with E-state index in [0.717, 1.165) is 0 Å². The van der Waals surface area contributed by atoms with Gasteiger partial charge in [-0.2, -0.15) is 4.98 Å². The number of H-pyrrole nitrogens is 1. The van der Waals surface area contributed by atoms with Crippen LogP contribution in [0.25, 0.3) is 11.2 Å². The average molecular weight is 443 g/mol. The fourth-order valence-corrected chi connectivity index (χ4v) is 5.02. The van der Waals surface area contributed by atoms with Gasteiger partial charge in [0.15, 0.2) is 11.2 Å². The summed E-state index contributed by atoms with van der Waals surface area (Å²) in [6.45, 7) is 8.98. The summed E-state index contributed by atoms with van der Waals surface area (Å²) < 4.78 is 30.1. The van der Waals surface area contributed by atoms with Gasteiger partial charge in [0.25, 0.3) is 5.56 Å². The number of aromatic amines is 1. The second kappa shape index (κ2) is 8.22. The smallest absolute Gasteiger partial charge is 0.356 e. The number of ether oxygens (including phenoxy) is 1. The van der Waals surface area contributed by atoms with Crippen molar-refractivity contribution in [3.05, 3.63) is 28.8 Å². The predicted molar refractivity (Wildman–Crippen MR) is 108 cm³/mol. The van der Waals surface area contributed by atoms with E-state index in [1.165, 1.54) is 17.8 Å². The molecule has 5 N–H and O–H groups in total. The van der Waals surface area contributed by atoms with Gasteiger partial charge in [-0.15, -0.1) is 0 Å². The highest BCUT2D eigenvalue weighted by atomic mass is 31.2. The van der Waals surface area contributed by atoms with E-state index in [4.69, 9.17) is 19.5 Å².